The minimum Gasteiger partial charge on any atom is -0.326 e. The number of alkyl halides is 3. The summed E-state index contributed by atoms with van der Waals surface area (Å²) in [7, 11) is 0. The van der Waals surface area contributed by atoms with Crippen LogP contribution in [0.4, 0.5) is 13.2 Å². The van der Waals surface area contributed by atoms with Crippen molar-refractivity contribution in [2.75, 3.05) is 13.1 Å². The lowest BCUT2D eigenvalue weighted by atomic mass is 10.0. The molecule has 2 fully saturated rings. The molecule has 2 saturated heterocycles. The van der Waals surface area contributed by atoms with Gasteiger partial charge in [0.15, 0.2) is 0 Å². The molecule has 2 aliphatic heterocycles. The van der Waals surface area contributed by atoms with Crippen molar-refractivity contribution in [2.24, 2.45) is 0 Å². The Morgan fingerprint density at radius 1 is 1.31 bits per heavy atom. The van der Waals surface area contributed by atoms with Crippen LogP contribution in [0.15, 0.2) is 0 Å². The van der Waals surface area contributed by atoms with E-state index in [9.17, 15) is 18.0 Å². The van der Waals surface area contributed by atoms with Gasteiger partial charge in [-0.1, -0.05) is 0 Å². The number of likely N-dealkylation sites (tertiary alicyclic amines) is 1. The molecule has 1 amide bonds. The van der Waals surface area contributed by atoms with Crippen LogP contribution in [0.3, 0.4) is 0 Å². The van der Waals surface area contributed by atoms with Gasteiger partial charge < -0.3 is 10.2 Å². The minimum absolute atomic E-state index is 0.0284. The number of carbonyl (C=O) groups excluding carboxylic acids is 1. The maximum atomic E-state index is 12.7. The SMILES string of the molecule is O=C1CC[C@H](C(F)(F)F)N1[C@@H]1CCCNC1. The Kier molecular flexibility index (Phi) is 3.10. The molecule has 0 aliphatic carbocycles. The summed E-state index contributed by atoms with van der Waals surface area (Å²) in [5.74, 6) is -0.351. The zero-order chi connectivity index (χ0) is 11.8. The number of halogens is 3. The normalized spacial score (nSPS) is 32.2. The Bertz CT molecular complexity index is 274. The van der Waals surface area contributed by atoms with Gasteiger partial charge in [0.05, 0.1) is 0 Å². The molecule has 0 unspecified atom stereocenters. The monoisotopic (exact) mass is 236 g/mol. The fourth-order valence-electron chi connectivity index (χ4n) is 2.55. The van der Waals surface area contributed by atoms with Crippen molar-refractivity contribution in [3.63, 3.8) is 0 Å². The molecule has 16 heavy (non-hydrogen) atoms. The van der Waals surface area contributed by atoms with Crippen molar-refractivity contribution in [2.45, 2.75) is 43.9 Å². The molecule has 0 aromatic heterocycles. The Labute approximate surface area is 92.0 Å². The topological polar surface area (TPSA) is 32.3 Å². The first-order chi connectivity index (χ1) is 7.50. The quantitative estimate of drug-likeness (QED) is 0.744. The molecule has 0 spiro atoms. The number of hydrogen-bond donors (Lipinski definition) is 1. The Hall–Kier alpha value is -0.780. The molecule has 3 nitrogen and oxygen atoms in total. The highest BCUT2D eigenvalue weighted by molar-refractivity contribution is 5.79. The van der Waals surface area contributed by atoms with Crippen molar-refractivity contribution in [1.82, 2.24) is 10.2 Å². The molecule has 2 atom stereocenters. The van der Waals surface area contributed by atoms with Crippen molar-refractivity contribution >= 4 is 5.91 Å². The van der Waals surface area contributed by atoms with Gasteiger partial charge in [-0.15, -0.1) is 0 Å². The smallest absolute Gasteiger partial charge is 0.326 e. The number of nitrogens with one attached hydrogen (secondary N) is 1. The summed E-state index contributed by atoms with van der Waals surface area (Å²) < 4.78 is 38.2. The molecule has 92 valence electrons. The standard InChI is InChI=1S/C10H15F3N2O/c11-10(12,13)8-3-4-9(16)15(8)7-2-1-5-14-6-7/h7-8,14H,1-6H2/t7-,8-/m1/s1. The summed E-state index contributed by atoms with van der Waals surface area (Å²) in [6.45, 7) is 1.31. The van der Waals surface area contributed by atoms with E-state index in [4.69, 9.17) is 0 Å². The largest absolute Gasteiger partial charge is 0.408 e. The third kappa shape index (κ3) is 2.16. The fourth-order valence-corrected chi connectivity index (χ4v) is 2.55. The molecule has 0 aromatic rings. The molecule has 6 heteroatoms. The first-order valence-electron chi connectivity index (χ1n) is 5.59. The van der Waals surface area contributed by atoms with Gasteiger partial charge in [0.2, 0.25) is 5.91 Å². The fraction of sp³-hybridized carbons (Fsp3) is 0.900. The highest BCUT2D eigenvalue weighted by Crippen LogP contribution is 2.35. The number of piperidine rings is 1. The van der Waals surface area contributed by atoms with Crippen LogP contribution in [-0.2, 0) is 4.79 Å². The summed E-state index contributed by atoms with van der Waals surface area (Å²) in [5.41, 5.74) is 0. The third-order valence-corrected chi connectivity index (χ3v) is 3.30. The van der Waals surface area contributed by atoms with Gasteiger partial charge in [-0.05, 0) is 25.8 Å². The third-order valence-electron chi connectivity index (χ3n) is 3.30. The average molecular weight is 236 g/mol. The van der Waals surface area contributed by atoms with Crippen molar-refractivity contribution < 1.29 is 18.0 Å². The number of carbonyl (C=O) groups is 1. The molecular formula is C10H15F3N2O. The molecule has 0 saturated carbocycles. The Morgan fingerprint density at radius 2 is 2.06 bits per heavy atom. The van der Waals surface area contributed by atoms with Gasteiger partial charge in [0.1, 0.15) is 6.04 Å². The summed E-state index contributed by atoms with van der Waals surface area (Å²) in [4.78, 5) is 12.6. The van der Waals surface area contributed by atoms with E-state index in [0.29, 0.717) is 13.0 Å². The van der Waals surface area contributed by atoms with Gasteiger partial charge >= 0.3 is 6.18 Å². The number of nitrogens with zero attached hydrogens (tertiary/aromatic N) is 1. The lowest BCUT2D eigenvalue weighted by molar-refractivity contribution is -0.186. The van der Waals surface area contributed by atoms with Crippen LogP contribution in [0.5, 0.6) is 0 Å². The van der Waals surface area contributed by atoms with Crippen LogP contribution < -0.4 is 5.32 Å². The minimum atomic E-state index is -4.29. The second kappa shape index (κ2) is 4.24. The second-order valence-corrected chi connectivity index (χ2v) is 4.40. The van der Waals surface area contributed by atoms with Crippen LogP contribution in [0.2, 0.25) is 0 Å². The van der Waals surface area contributed by atoms with E-state index in [1.807, 2.05) is 0 Å². The molecule has 1 N–H and O–H groups in total. The summed E-state index contributed by atoms with van der Waals surface area (Å²) >= 11 is 0. The Balaban J connectivity index is 2.12. The first-order valence-corrected chi connectivity index (χ1v) is 5.59. The van der Waals surface area contributed by atoms with Crippen molar-refractivity contribution in [1.29, 1.82) is 0 Å². The van der Waals surface area contributed by atoms with Gasteiger partial charge in [-0.3, -0.25) is 4.79 Å². The van der Waals surface area contributed by atoms with Gasteiger partial charge in [0, 0.05) is 19.0 Å². The zero-order valence-corrected chi connectivity index (χ0v) is 8.89. The lowest BCUT2D eigenvalue weighted by Crippen LogP contribution is -2.53. The predicted molar refractivity (Wildman–Crippen MR) is 51.8 cm³/mol. The van der Waals surface area contributed by atoms with Gasteiger partial charge in [0.25, 0.3) is 0 Å². The van der Waals surface area contributed by atoms with Crippen LogP contribution in [0.1, 0.15) is 25.7 Å². The molecule has 2 rings (SSSR count). The summed E-state index contributed by atoms with van der Waals surface area (Å²) in [6.07, 6.45) is -2.84. The van der Waals surface area contributed by atoms with Gasteiger partial charge in [-0.25, -0.2) is 0 Å². The summed E-state index contributed by atoms with van der Waals surface area (Å²) in [6, 6.07) is -1.85. The van der Waals surface area contributed by atoms with Crippen LogP contribution in [-0.4, -0.2) is 42.2 Å². The number of rotatable bonds is 1. The number of amides is 1. The van der Waals surface area contributed by atoms with E-state index in [-0.39, 0.29) is 24.8 Å². The van der Waals surface area contributed by atoms with Crippen LogP contribution in [0.25, 0.3) is 0 Å². The summed E-state index contributed by atoms with van der Waals surface area (Å²) in [5, 5.41) is 3.04. The van der Waals surface area contributed by atoms with E-state index in [0.717, 1.165) is 17.9 Å². The highest BCUT2D eigenvalue weighted by atomic mass is 19.4. The van der Waals surface area contributed by atoms with E-state index in [1.54, 1.807) is 0 Å². The van der Waals surface area contributed by atoms with Gasteiger partial charge in [-0.2, -0.15) is 13.2 Å². The van der Waals surface area contributed by atoms with Crippen LogP contribution >= 0.6 is 0 Å². The Morgan fingerprint density at radius 3 is 2.62 bits per heavy atom. The highest BCUT2D eigenvalue weighted by Gasteiger charge is 2.50. The maximum absolute atomic E-state index is 12.7. The molecular weight excluding hydrogens is 221 g/mol. The average Bonchev–Trinajstić information content (AvgIpc) is 2.61. The molecule has 0 bridgehead atoms. The van der Waals surface area contributed by atoms with E-state index >= 15 is 0 Å². The predicted octanol–water partition coefficient (Wildman–Crippen LogP) is 1.29. The van der Waals surface area contributed by atoms with Crippen molar-refractivity contribution in [3.05, 3.63) is 0 Å². The maximum Gasteiger partial charge on any atom is 0.408 e. The van der Waals surface area contributed by atoms with E-state index < -0.39 is 12.2 Å². The molecule has 2 heterocycles. The number of hydrogen-bond acceptors (Lipinski definition) is 2. The lowest BCUT2D eigenvalue weighted by Gasteiger charge is -2.36. The van der Waals surface area contributed by atoms with E-state index in [2.05, 4.69) is 5.32 Å². The second-order valence-electron chi connectivity index (χ2n) is 4.40. The zero-order valence-electron chi connectivity index (χ0n) is 8.89. The molecule has 0 radical (unpaired) electrons. The van der Waals surface area contributed by atoms with E-state index in [1.165, 1.54) is 0 Å². The van der Waals surface area contributed by atoms with Crippen LogP contribution in [0, 0.1) is 0 Å². The first kappa shape index (κ1) is 11.7. The molecule has 0 aromatic carbocycles. The van der Waals surface area contributed by atoms with Crippen molar-refractivity contribution in [3.8, 4) is 0 Å². The molecule has 2 aliphatic rings.